The summed E-state index contributed by atoms with van der Waals surface area (Å²) in [6, 6.07) is 0. The molecule has 0 saturated carbocycles. The van der Waals surface area contributed by atoms with Crippen LogP contribution in [0.25, 0.3) is 0 Å². The van der Waals surface area contributed by atoms with Gasteiger partial charge in [0.2, 0.25) is 0 Å². The van der Waals surface area contributed by atoms with E-state index in [4.69, 9.17) is 5.11 Å². The van der Waals surface area contributed by atoms with E-state index in [1.165, 1.54) is 19.3 Å². The molecule has 96 valence electrons. The molecule has 0 aromatic rings. The number of hydrogen-bond acceptors (Lipinski definition) is 3. The van der Waals surface area contributed by atoms with E-state index in [9.17, 15) is 0 Å². The first-order valence-corrected chi connectivity index (χ1v) is 11.1. The Morgan fingerprint density at radius 1 is 0.625 bits per heavy atom. The van der Waals surface area contributed by atoms with Gasteiger partial charge in [-0.05, 0) is 0 Å². The Hall–Kier alpha value is 1.07. The van der Waals surface area contributed by atoms with Crippen LogP contribution in [0.4, 0.5) is 0 Å². The Kier molecular flexibility index (Phi) is 15.1. The molecule has 0 amide bonds. The maximum absolute atomic E-state index is 5.75. The first-order valence-electron chi connectivity index (χ1n) is 6.69. The van der Waals surface area contributed by atoms with Crippen molar-refractivity contribution in [1.82, 2.24) is 0 Å². The zero-order valence-corrected chi connectivity index (χ0v) is 14.8. The van der Waals surface area contributed by atoms with Crippen molar-refractivity contribution in [2.24, 2.45) is 0 Å². The van der Waals surface area contributed by atoms with Gasteiger partial charge in [-0.2, -0.15) is 0 Å². The molecular formula is C12H27LaO3. The van der Waals surface area contributed by atoms with Gasteiger partial charge in [-0.1, -0.05) is 0 Å². The van der Waals surface area contributed by atoms with E-state index in [2.05, 4.69) is 20.8 Å². The Balaban J connectivity index is 3.58. The van der Waals surface area contributed by atoms with E-state index in [0.717, 1.165) is 39.1 Å². The quantitative estimate of drug-likeness (QED) is 0.497. The van der Waals surface area contributed by atoms with Crippen molar-refractivity contribution in [3.05, 3.63) is 0 Å². The van der Waals surface area contributed by atoms with Crippen LogP contribution in [0, 0.1) is 31.6 Å². The molecule has 4 heteroatoms. The van der Waals surface area contributed by atoms with Gasteiger partial charge in [0.25, 0.3) is 0 Å². The van der Waals surface area contributed by atoms with Gasteiger partial charge in [0, 0.05) is 0 Å². The Labute approximate surface area is 115 Å². The molecule has 0 fully saturated rings. The molecule has 0 unspecified atom stereocenters. The van der Waals surface area contributed by atoms with Crippen molar-refractivity contribution in [3.8, 4) is 0 Å². The van der Waals surface area contributed by atoms with E-state index in [0.29, 0.717) is 0 Å². The van der Waals surface area contributed by atoms with Gasteiger partial charge >= 0.3 is 116 Å². The van der Waals surface area contributed by atoms with Crippen LogP contribution in [0.2, 0.25) is 0 Å². The molecular weight excluding hydrogens is 331 g/mol. The Morgan fingerprint density at radius 2 is 0.938 bits per heavy atom. The fourth-order valence-corrected chi connectivity index (χ4v) is 5.41. The summed E-state index contributed by atoms with van der Waals surface area (Å²) in [6.07, 6.45) is 6.86. The Morgan fingerprint density at radius 3 is 1.19 bits per heavy atom. The molecule has 0 aromatic carbocycles. The van der Waals surface area contributed by atoms with Crippen LogP contribution in [0.1, 0.15) is 59.3 Å². The SMILES string of the molecule is CCCC[O][La]([O]CCCC)[O]CCCC. The minimum atomic E-state index is -2.65. The summed E-state index contributed by atoms with van der Waals surface area (Å²) in [5.41, 5.74) is 0. The second kappa shape index (κ2) is 14.1. The standard InChI is InChI=1S/3C4H9O.La/c3*1-2-3-4-5;/h3*2-4H2,1H3;/q3*-1;+3. The van der Waals surface area contributed by atoms with Crippen LogP contribution in [-0.2, 0) is 5.11 Å². The zero-order chi connectivity index (χ0) is 12.1. The molecule has 0 rings (SSSR count). The molecule has 0 aliphatic rings. The summed E-state index contributed by atoms with van der Waals surface area (Å²) in [5.74, 6) is 0. The van der Waals surface area contributed by atoms with Crippen LogP contribution in [-0.4, -0.2) is 19.8 Å². The fraction of sp³-hybridized carbons (Fsp3) is 1.00. The molecule has 0 aliphatic heterocycles. The minimum absolute atomic E-state index is 0.820. The number of rotatable bonds is 12. The second-order valence-corrected chi connectivity index (χ2v) is 8.91. The first kappa shape index (κ1) is 17.1. The van der Waals surface area contributed by atoms with Gasteiger partial charge in [0.05, 0.1) is 0 Å². The molecule has 0 spiro atoms. The van der Waals surface area contributed by atoms with Crippen molar-refractivity contribution in [2.45, 2.75) is 59.3 Å². The average Bonchev–Trinajstić information content (AvgIpc) is 2.29. The monoisotopic (exact) mass is 358 g/mol. The Bertz CT molecular complexity index is 110. The predicted octanol–water partition coefficient (Wildman–Crippen LogP) is 3.80. The first-order chi connectivity index (χ1) is 7.85. The third-order valence-corrected chi connectivity index (χ3v) is 7.04. The van der Waals surface area contributed by atoms with Crippen molar-refractivity contribution in [3.63, 3.8) is 0 Å². The van der Waals surface area contributed by atoms with E-state index < -0.39 is 31.6 Å². The zero-order valence-electron chi connectivity index (χ0n) is 11.2. The molecule has 16 heavy (non-hydrogen) atoms. The van der Waals surface area contributed by atoms with Crippen LogP contribution >= 0.6 is 0 Å². The average molecular weight is 358 g/mol. The summed E-state index contributed by atoms with van der Waals surface area (Å²) in [6.45, 7) is 8.98. The normalized spacial score (nSPS) is 10.7. The van der Waals surface area contributed by atoms with Gasteiger partial charge in [-0.15, -0.1) is 0 Å². The maximum atomic E-state index is 5.75. The van der Waals surface area contributed by atoms with Crippen molar-refractivity contribution < 1.29 is 36.7 Å². The van der Waals surface area contributed by atoms with Crippen LogP contribution < -0.4 is 0 Å². The van der Waals surface area contributed by atoms with E-state index in [1.54, 1.807) is 0 Å². The van der Waals surface area contributed by atoms with Crippen LogP contribution in [0.3, 0.4) is 0 Å². The molecule has 0 N–H and O–H groups in total. The molecule has 0 radical (unpaired) electrons. The van der Waals surface area contributed by atoms with Gasteiger partial charge in [0.15, 0.2) is 0 Å². The third-order valence-electron chi connectivity index (χ3n) is 2.26. The summed E-state index contributed by atoms with van der Waals surface area (Å²) in [7, 11) is 0. The van der Waals surface area contributed by atoms with Gasteiger partial charge < -0.3 is 0 Å². The van der Waals surface area contributed by atoms with Gasteiger partial charge in [-0.3, -0.25) is 0 Å². The van der Waals surface area contributed by atoms with Crippen LogP contribution in [0.5, 0.6) is 0 Å². The second-order valence-electron chi connectivity index (χ2n) is 3.96. The molecule has 0 aliphatic carbocycles. The summed E-state index contributed by atoms with van der Waals surface area (Å²) in [5, 5.41) is 0. The molecule has 0 aromatic heterocycles. The van der Waals surface area contributed by atoms with E-state index in [1.807, 2.05) is 0 Å². The van der Waals surface area contributed by atoms with Crippen molar-refractivity contribution in [1.29, 1.82) is 0 Å². The number of unbranched alkanes of at least 4 members (excludes halogenated alkanes) is 3. The summed E-state index contributed by atoms with van der Waals surface area (Å²) >= 11 is -2.65. The summed E-state index contributed by atoms with van der Waals surface area (Å²) < 4.78 is 17.3. The molecule has 0 bridgehead atoms. The van der Waals surface area contributed by atoms with E-state index in [-0.39, 0.29) is 0 Å². The van der Waals surface area contributed by atoms with Gasteiger partial charge in [-0.25, -0.2) is 0 Å². The van der Waals surface area contributed by atoms with Crippen molar-refractivity contribution >= 4 is 0 Å². The summed E-state index contributed by atoms with van der Waals surface area (Å²) in [4.78, 5) is 0. The fourth-order valence-electron chi connectivity index (χ4n) is 1.12. The third kappa shape index (κ3) is 11.6. The number of hydrogen-bond donors (Lipinski definition) is 0. The van der Waals surface area contributed by atoms with Gasteiger partial charge in [0.1, 0.15) is 0 Å². The molecule has 3 nitrogen and oxygen atoms in total. The van der Waals surface area contributed by atoms with Crippen molar-refractivity contribution in [2.75, 3.05) is 19.8 Å². The molecule has 0 saturated heterocycles. The topological polar surface area (TPSA) is 27.7 Å². The molecule has 0 heterocycles. The van der Waals surface area contributed by atoms with E-state index >= 15 is 0 Å². The van der Waals surface area contributed by atoms with Crippen LogP contribution in [0.15, 0.2) is 0 Å². The predicted molar refractivity (Wildman–Crippen MR) is 62.6 cm³/mol. The molecule has 0 atom stereocenters.